The van der Waals surface area contributed by atoms with Crippen LogP contribution in [-0.4, -0.2) is 12.6 Å². The number of hydrogen-bond acceptors (Lipinski definition) is 1. The molecular formula is C18H18N2O. The Morgan fingerprint density at radius 3 is 2.05 bits per heavy atom. The zero-order chi connectivity index (χ0) is 14.4. The summed E-state index contributed by atoms with van der Waals surface area (Å²) in [6.45, 7) is 0.652. The zero-order valence-electron chi connectivity index (χ0n) is 11.8. The summed E-state index contributed by atoms with van der Waals surface area (Å²) < 4.78 is 0. The summed E-state index contributed by atoms with van der Waals surface area (Å²) in [6, 6.07) is 17.0. The molecule has 21 heavy (non-hydrogen) atoms. The van der Waals surface area contributed by atoms with E-state index in [1.165, 1.54) is 22.3 Å². The van der Waals surface area contributed by atoms with E-state index in [2.05, 4.69) is 53.8 Å². The third kappa shape index (κ3) is 1.84. The predicted molar refractivity (Wildman–Crippen MR) is 82.3 cm³/mol. The molecule has 0 aliphatic heterocycles. The molecule has 3 aliphatic carbocycles. The van der Waals surface area contributed by atoms with Crippen LogP contribution in [-0.2, 0) is 0 Å². The minimum Gasteiger partial charge on any atom is -0.352 e. The Bertz CT molecular complexity index is 662. The van der Waals surface area contributed by atoms with Crippen molar-refractivity contribution in [2.75, 3.05) is 6.54 Å². The van der Waals surface area contributed by atoms with Crippen molar-refractivity contribution >= 4 is 6.03 Å². The van der Waals surface area contributed by atoms with Crippen LogP contribution in [0.25, 0.3) is 0 Å². The lowest BCUT2D eigenvalue weighted by molar-refractivity contribution is 0.244. The molecular weight excluding hydrogens is 260 g/mol. The van der Waals surface area contributed by atoms with E-state index in [9.17, 15) is 4.79 Å². The molecule has 0 saturated heterocycles. The molecule has 106 valence electrons. The first-order chi connectivity index (χ1) is 10.3. The highest BCUT2D eigenvalue weighted by molar-refractivity contribution is 5.71. The van der Waals surface area contributed by atoms with Gasteiger partial charge in [-0.2, -0.15) is 0 Å². The van der Waals surface area contributed by atoms with Crippen LogP contribution in [0.3, 0.4) is 0 Å². The molecule has 0 spiro atoms. The Hall–Kier alpha value is -2.29. The standard InChI is InChI=1S/C18H18N2O/c19-18(21)20-10-11-9-16-12-5-1-3-7-14(12)17(11)15-8-4-2-6-13(15)16/h1-8,11,16-17H,9-10H2,(H3,19,20,21). The van der Waals surface area contributed by atoms with Gasteiger partial charge in [-0.25, -0.2) is 4.79 Å². The summed E-state index contributed by atoms with van der Waals surface area (Å²) in [5.41, 5.74) is 11.0. The van der Waals surface area contributed by atoms with Gasteiger partial charge in [0, 0.05) is 18.4 Å². The number of benzene rings is 2. The first-order valence-electron chi connectivity index (χ1n) is 7.46. The van der Waals surface area contributed by atoms with E-state index in [1.807, 2.05) is 0 Å². The minimum atomic E-state index is -0.432. The van der Waals surface area contributed by atoms with Crippen molar-refractivity contribution in [2.45, 2.75) is 18.3 Å². The molecule has 3 nitrogen and oxygen atoms in total. The van der Waals surface area contributed by atoms with Crippen LogP contribution in [0.1, 0.15) is 40.5 Å². The molecule has 3 heteroatoms. The molecule has 0 aromatic heterocycles. The van der Waals surface area contributed by atoms with Crippen molar-refractivity contribution in [3.63, 3.8) is 0 Å². The second-order valence-corrected chi connectivity index (χ2v) is 6.03. The van der Waals surface area contributed by atoms with Crippen molar-refractivity contribution < 1.29 is 4.79 Å². The average molecular weight is 278 g/mol. The van der Waals surface area contributed by atoms with E-state index in [-0.39, 0.29) is 0 Å². The molecule has 2 bridgehead atoms. The average Bonchev–Trinajstić information content (AvgIpc) is 2.53. The maximum atomic E-state index is 11.1. The fourth-order valence-corrected chi connectivity index (χ4v) is 4.19. The smallest absolute Gasteiger partial charge is 0.312 e. The van der Waals surface area contributed by atoms with Gasteiger partial charge in [-0.3, -0.25) is 0 Å². The lowest BCUT2D eigenvalue weighted by Crippen LogP contribution is -2.40. The molecule has 0 heterocycles. The lowest BCUT2D eigenvalue weighted by Gasteiger charge is -2.45. The van der Waals surface area contributed by atoms with Crippen LogP contribution in [0, 0.1) is 5.92 Å². The highest BCUT2D eigenvalue weighted by atomic mass is 16.2. The maximum absolute atomic E-state index is 11.1. The highest BCUT2D eigenvalue weighted by Crippen LogP contribution is 2.54. The number of amides is 2. The van der Waals surface area contributed by atoms with Gasteiger partial charge in [0.2, 0.25) is 0 Å². The number of hydrogen-bond donors (Lipinski definition) is 2. The van der Waals surface area contributed by atoms with Crippen LogP contribution < -0.4 is 11.1 Å². The summed E-state index contributed by atoms with van der Waals surface area (Å²) in [5, 5.41) is 2.80. The van der Waals surface area contributed by atoms with E-state index < -0.39 is 6.03 Å². The summed E-state index contributed by atoms with van der Waals surface area (Å²) in [5.74, 6) is 1.24. The van der Waals surface area contributed by atoms with Crippen molar-refractivity contribution in [2.24, 2.45) is 11.7 Å². The molecule has 3 aliphatic rings. The van der Waals surface area contributed by atoms with Gasteiger partial charge in [0.25, 0.3) is 0 Å². The molecule has 0 radical (unpaired) electrons. The number of fused-ring (bicyclic) bond motifs is 1. The van der Waals surface area contributed by atoms with Crippen molar-refractivity contribution in [3.05, 3.63) is 70.8 Å². The van der Waals surface area contributed by atoms with E-state index in [4.69, 9.17) is 5.73 Å². The number of urea groups is 1. The summed E-state index contributed by atoms with van der Waals surface area (Å²) in [4.78, 5) is 11.1. The van der Waals surface area contributed by atoms with Crippen LogP contribution in [0.4, 0.5) is 4.79 Å². The molecule has 2 aromatic carbocycles. The van der Waals surface area contributed by atoms with Gasteiger partial charge in [-0.15, -0.1) is 0 Å². The van der Waals surface area contributed by atoms with Gasteiger partial charge < -0.3 is 11.1 Å². The Balaban J connectivity index is 1.81. The lowest BCUT2D eigenvalue weighted by atomic mass is 9.59. The predicted octanol–water partition coefficient (Wildman–Crippen LogP) is 2.95. The largest absolute Gasteiger partial charge is 0.352 e. The zero-order valence-corrected chi connectivity index (χ0v) is 11.8. The normalized spacial score (nSPS) is 25.0. The van der Waals surface area contributed by atoms with Gasteiger partial charge >= 0.3 is 6.03 Å². The summed E-state index contributed by atoms with van der Waals surface area (Å²) >= 11 is 0. The number of carbonyl (C=O) groups excluding carboxylic acids is 1. The Morgan fingerprint density at radius 2 is 1.52 bits per heavy atom. The van der Waals surface area contributed by atoms with Crippen LogP contribution in [0.2, 0.25) is 0 Å². The first-order valence-corrected chi connectivity index (χ1v) is 7.46. The maximum Gasteiger partial charge on any atom is 0.312 e. The minimum absolute atomic E-state index is 0.370. The molecule has 1 atom stereocenters. The molecule has 1 unspecified atom stereocenters. The number of carbonyl (C=O) groups is 1. The van der Waals surface area contributed by atoms with E-state index in [1.54, 1.807) is 0 Å². The second-order valence-electron chi connectivity index (χ2n) is 6.03. The fourth-order valence-electron chi connectivity index (χ4n) is 4.19. The van der Waals surface area contributed by atoms with Gasteiger partial charge in [-0.05, 0) is 34.6 Å². The van der Waals surface area contributed by atoms with Gasteiger partial charge in [0.1, 0.15) is 0 Å². The van der Waals surface area contributed by atoms with Crippen molar-refractivity contribution in [3.8, 4) is 0 Å². The summed E-state index contributed by atoms with van der Waals surface area (Å²) in [6.07, 6.45) is 1.08. The molecule has 0 fully saturated rings. The number of rotatable bonds is 2. The molecule has 5 rings (SSSR count). The van der Waals surface area contributed by atoms with Gasteiger partial charge in [-0.1, -0.05) is 48.5 Å². The Kier molecular flexibility index (Phi) is 2.74. The SMILES string of the molecule is NC(=O)NCC1CC2c3ccccc3C1c1ccccc12. The Labute approximate surface area is 124 Å². The molecule has 0 saturated carbocycles. The number of nitrogens with two attached hydrogens (primary N) is 1. The Morgan fingerprint density at radius 1 is 1.00 bits per heavy atom. The third-order valence-electron chi connectivity index (χ3n) is 4.96. The van der Waals surface area contributed by atoms with E-state index in [0.717, 1.165) is 6.42 Å². The number of nitrogens with one attached hydrogen (secondary N) is 1. The topological polar surface area (TPSA) is 55.1 Å². The third-order valence-corrected chi connectivity index (χ3v) is 4.96. The van der Waals surface area contributed by atoms with Gasteiger partial charge in [0.15, 0.2) is 0 Å². The van der Waals surface area contributed by atoms with Gasteiger partial charge in [0.05, 0.1) is 0 Å². The monoisotopic (exact) mass is 278 g/mol. The van der Waals surface area contributed by atoms with Crippen molar-refractivity contribution in [1.29, 1.82) is 0 Å². The fraction of sp³-hybridized carbons (Fsp3) is 0.278. The van der Waals surface area contributed by atoms with E-state index >= 15 is 0 Å². The van der Waals surface area contributed by atoms with Crippen molar-refractivity contribution in [1.82, 2.24) is 5.32 Å². The molecule has 3 N–H and O–H groups in total. The molecule has 2 aromatic rings. The number of primary amides is 1. The quantitative estimate of drug-likeness (QED) is 0.872. The second kappa shape index (κ2) is 4.62. The molecule has 2 amide bonds. The van der Waals surface area contributed by atoms with Crippen LogP contribution >= 0.6 is 0 Å². The van der Waals surface area contributed by atoms with Crippen LogP contribution in [0.15, 0.2) is 48.5 Å². The van der Waals surface area contributed by atoms with E-state index in [0.29, 0.717) is 24.3 Å². The highest BCUT2D eigenvalue weighted by Gasteiger charge is 2.42. The van der Waals surface area contributed by atoms with Crippen LogP contribution in [0.5, 0.6) is 0 Å². The first kappa shape index (κ1) is 12.5. The summed E-state index contributed by atoms with van der Waals surface area (Å²) in [7, 11) is 0.